The predicted molar refractivity (Wildman–Crippen MR) is 78.3 cm³/mol. The fourth-order valence-corrected chi connectivity index (χ4v) is 2.30. The van der Waals surface area contributed by atoms with Crippen LogP contribution in [-0.4, -0.2) is 9.97 Å². The molecule has 0 aliphatic carbocycles. The molecule has 2 rings (SSSR count). The van der Waals surface area contributed by atoms with Gasteiger partial charge in [0.25, 0.3) is 0 Å². The minimum Gasteiger partial charge on any atom is -0.340 e. The molecule has 0 saturated heterocycles. The molecule has 2 aromatic rings. The molecule has 0 unspecified atom stereocenters. The molecule has 1 aromatic carbocycles. The van der Waals surface area contributed by atoms with Crippen LogP contribution in [0.4, 0.5) is 11.5 Å². The summed E-state index contributed by atoms with van der Waals surface area (Å²) in [6, 6.07) is 8.25. The number of rotatable bonds is 3. The Bertz CT molecular complexity index is 547. The van der Waals surface area contributed by atoms with Gasteiger partial charge in [0.2, 0.25) is 0 Å². The third-order valence-corrected chi connectivity index (χ3v) is 2.96. The van der Waals surface area contributed by atoms with E-state index in [1.165, 1.54) is 11.1 Å². The molecule has 0 bridgehead atoms. The fourth-order valence-electron chi connectivity index (χ4n) is 1.88. The molecule has 0 saturated carbocycles. The summed E-state index contributed by atoms with van der Waals surface area (Å²) < 4.78 is 0.807. The van der Waals surface area contributed by atoms with Crippen molar-refractivity contribution in [2.24, 2.45) is 0 Å². The molecule has 1 heterocycles. The zero-order valence-corrected chi connectivity index (χ0v) is 12.4. The lowest BCUT2D eigenvalue weighted by Gasteiger charge is -2.09. The topological polar surface area (TPSA) is 37.8 Å². The van der Waals surface area contributed by atoms with Crippen molar-refractivity contribution in [2.45, 2.75) is 27.2 Å². The van der Waals surface area contributed by atoms with E-state index in [9.17, 15) is 0 Å². The Kier molecular flexibility index (Phi) is 3.97. The molecular weight excluding hydrogens is 290 g/mol. The monoisotopic (exact) mass is 305 g/mol. The van der Waals surface area contributed by atoms with Gasteiger partial charge in [-0.15, -0.1) is 0 Å². The van der Waals surface area contributed by atoms with E-state index in [1.54, 1.807) is 0 Å². The van der Waals surface area contributed by atoms with E-state index in [2.05, 4.69) is 63.3 Å². The van der Waals surface area contributed by atoms with E-state index >= 15 is 0 Å². The van der Waals surface area contributed by atoms with Gasteiger partial charge in [-0.3, -0.25) is 0 Å². The maximum Gasteiger partial charge on any atom is 0.135 e. The number of benzene rings is 1. The van der Waals surface area contributed by atoms with Crippen LogP contribution in [0.15, 0.2) is 28.9 Å². The van der Waals surface area contributed by atoms with Gasteiger partial charge in [0.1, 0.15) is 16.2 Å². The van der Waals surface area contributed by atoms with Crippen LogP contribution in [0.25, 0.3) is 0 Å². The van der Waals surface area contributed by atoms with Crippen LogP contribution in [-0.2, 0) is 6.42 Å². The summed E-state index contributed by atoms with van der Waals surface area (Å²) in [6.45, 7) is 6.22. The first-order valence-corrected chi connectivity index (χ1v) is 6.75. The van der Waals surface area contributed by atoms with Crippen LogP contribution in [0, 0.1) is 13.8 Å². The summed E-state index contributed by atoms with van der Waals surface area (Å²) >= 11 is 3.40. The second-order valence-corrected chi connectivity index (χ2v) is 5.16. The van der Waals surface area contributed by atoms with Gasteiger partial charge in [-0.2, -0.15) is 0 Å². The van der Waals surface area contributed by atoms with E-state index in [0.717, 1.165) is 28.4 Å². The minimum absolute atomic E-state index is 0.807. The Balaban J connectivity index is 2.30. The van der Waals surface area contributed by atoms with Crippen molar-refractivity contribution in [3.05, 3.63) is 45.8 Å². The molecule has 18 heavy (non-hydrogen) atoms. The summed E-state index contributed by atoms with van der Waals surface area (Å²) in [6.07, 6.45) is 0.820. The van der Waals surface area contributed by atoms with E-state index < -0.39 is 0 Å². The molecule has 94 valence electrons. The Morgan fingerprint density at radius 3 is 2.33 bits per heavy atom. The quantitative estimate of drug-likeness (QED) is 0.865. The first-order chi connectivity index (χ1) is 8.56. The Morgan fingerprint density at radius 2 is 1.72 bits per heavy atom. The Morgan fingerprint density at radius 1 is 1.06 bits per heavy atom. The average Bonchev–Trinajstić information content (AvgIpc) is 2.26. The first kappa shape index (κ1) is 13.0. The number of nitrogens with one attached hydrogen (secondary N) is 1. The van der Waals surface area contributed by atoms with Crippen molar-refractivity contribution in [2.75, 3.05) is 5.32 Å². The zero-order chi connectivity index (χ0) is 13.1. The number of halogens is 1. The van der Waals surface area contributed by atoms with Crippen molar-refractivity contribution in [3.63, 3.8) is 0 Å². The predicted octanol–water partition coefficient (Wildman–Crippen LogP) is 4.16. The number of hydrogen-bond acceptors (Lipinski definition) is 3. The molecule has 4 heteroatoms. The van der Waals surface area contributed by atoms with Gasteiger partial charge in [-0.05, 0) is 53.0 Å². The van der Waals surface area contributed by atoms with Crippen LogP contribution in [0.3, 0.4) is 0 Å². The molecule has 0 amide bonds. The lowest BCUT2D eigenvalue weighted by atomic mass is 10.1. The Labute approximate surface area is 116 Å². The lowest BCUT2D eigenvalue weighted by Crippen LogP contribution is -2.00. The highest BCUT2D eigenvalue weighted by Crippen LogP contribution is 2.20. The van der Waals surface area contributed by atoms with Gasteiger partial charge in [-0.1, -0.05) is 13.0 Å². The van der Waals surface area contributed by atoms with Crippen molar-refractivity contribution in [1.29, 1.82) is 0 Å². The van der Waals surface area contributed by atoms with Gasteiger partial charge in [-0.25, -0.2) is 9.97 Å². The van der Waals surface area contributed by atoms with Gasteiger partial charge in [0.05, 0.1) is 0 Å². The van der Waals surface area contributed by atoms with Crippen LogP contribution in [0.5, 0.6) is 0 Å². The largest absolute Gasteiger partial charge is 0.340 e. The zero-order valence-electron chi connectivity index (χ0n) is 10.8. The molecular formula is C14H16BrN3. The van der Waals surface area contributed by atoms with Crippen LogP contribution in [0.1, 0.15) is 23.9 Å². The molecule has 0 atom stereocenters. The maximum atomic E-state index is 4.45. The fraction of sp³-hybridized carbons (Fsp3) is 0.286. The highest BCUT2D eigenvalue weighted by atomic mass is 79.9. The highest BCUT2D eigenvalue weighted by Gasteiger charge is 2.03. The van der Waals surface area contributed by atoms with Crippen LogP contribution >= 0.6 is 15.9 Å². The van der Waals surface area contributed by atoms with E-state index in [1.807, 2.05) is 13.0 Å². The molecule has 1 N–H and O–H groups in total. The van der Waals surface area contributed by atoms with E-state index in [4.69, 9.17) is 0 Å². The van der Waals surface area contributed by atoms with E-state index in [-0.39, 0.29) is 0 Å². The number of aromatic nitrogens is 2. The standard InChI is InChI=1S/C14H16BrN3/c1-4-13-17-12(15)8-14(18-13)16-11-6-9(2)5-10(3)7-11/h5-8H,4H2,1-3H3,(H,16,17,18). The third kappa shape index (κ3) is 3.29. The second kappa shape index (κ2) is 5.48. The lowest BCUT2D eigenvalue weighted by molar-refractivity contribution is 0.931. The summed E-state index contributed by atoms with van der Waals surface area (Å²) in [7, 11) is 0. The molecule has 0 aliphatic rings. The smallest absolute Gasteiger partial charge is 0.135 e. The maximum absolute atomic E-state index is 4.45. The first-order valence-electron chi connectivity index (χ1n) is 5.95. The second-order valence-electron chi connectivity index (χ2n) is 4.35. The summed E-state index contributed by atoms with van der Waals surface area (Å²) in [5.41, 5.74) is 3.53. The average molecular weight is 306 g/mol. The molecule has 0 aliphatic heterocycles. The normalized spacial score (nSPS) is 10.4. The SMILES string of the molecule is CCc1nc(Br)cc(Nc2cc(C)cc(C)c2)n1. The van der Waals surface area contributed by atoms with E-state index in [0.29, 0.717) is 0 Å². The number of nitrogens with zero attached hydrogens (tertiary/aromatic N) is 2. The summed E-state index contributed by atoms with van der Waals surface area (Å²) in [5.74, 6) is 1.65. The molecule has 0 fully saturated rings. The van der Waals surface area contributed by atoms with Gasteiger partial charge in [0.15, 0.2) is 0 Å². The number of anilines is 2. The number of aryl methyl sites for hydroxylation is 3. The molecule has 1 aromatic heterocycles. The van der Waals surface area contributed by atoms with Gasteiger partial charge >= 0.3 is 0 Å². The van der Waals surface area contributed by atoms with Crippen molar-refractivity contribution in [1.82, 2.24) is 9.97 Å². The molecule has 0 radical (unpaired) electrons. The molecule has 0 spiro atoms. The molecule has 3 nitrogen and oxygen atoms in total. The summed E-state index contributed by atoms with van der Waals surface area (Å²) in [5, 5.41) is 3.32. The van der Waals surface area contributed by atoms with Crippen molar-refractivity contribution >= 4 is 27.4 Å². The highest BCUT2D eigenvalue weighted by molar-refractivity contribution is 9.10. The van der Waals surface area contributed by atoms with Gasteiger partial charge in [0, 0.05) is 18.2 Å². The van der Waals surface area contributed by atoms with Crippen LogP contribution < -0.4 is 5.32 Å². The number of hydrogen-bond donors (Lipinski definition) is 1. The third-order valence-electron chi connectivity index (χ3n) is 2.55. The van der Waals surface area contributed by atoms with Gasteiger partial charge < -0.3 is 5.32 Å². The summed E-state index contributed by atoms with van der Waals surface area (Å²) in [4.78, 5) is 8.75. The Hall–Kier alpha value is -1.42. The van der Waals surface area contributed by atoms with Crippen molar-refractivity contribution in [3.8, 4) is 0 Å². The minimum atomic E-state index is 0.807. The van der Waals surface area contributed by atoms with Crippen molar-refractivity contribution < 1.29 is 0 Å². The van der Waals surface area contributed by atoms with Crippen LogP contribution in [0.2, 0.25) is 0 Å².